The SMILES string of the molecule is Cc1c(Cl)cccc1NC(=O)CNc1ccccc1SCC(N)=O. The van der Waals surface area contributed by atoms with Crippen LogP contribution < -0.4 is 16.4 Å². The van der Waals surface area contributed by atoms with Crippen LogP contribution in [-0.4, -0.2) is 24.1 Å². The molecule has 0 saturated heterocycles. The van der Waals surface area contributed by atoms with E-state index in [0.717, 1.165) is 16.1 Å². The number of carbonyl (C=O) groups is 2. The standard InChI is InChI=1S/C17H18ClN3O2S/c1-11-12(18)5-4-7-13(11)21-17(23)9-20-14-6-2-3-8-15(14)24-10-16(19)22/h2-8,20H,9-10H2,1H3,(H2,19,22)(H,21,23). The van der Waals surface area contributed by atoms with Crippen LogP contribution in [0.4, 0.5) is 11.4 Å². The molecule has 2 aromatic rings. The predicted molar refractivity (Wildman–Crippen MR) is 99.7 cm³/mol. The Bertz CT molecular complexity index is 752. The first-order valence-corrected chi connectivity index (χ1v) is 8.62. The van der Waals surface area contributed by atoms with E-state index in [-0.39, 0.29) is 24.1 Å². The number of anilines is 2. The van der Waals surface area contributed by atoms with Gasteiger partial charge in [-0.05, 0) is 36.8 Å². The lowest BCUT2D eigenvalue weighted by atomic mass is 10.2. The van der Waals surface area contributed by atoms with Gasteiger partial charge in [0.15, 0.2) is 0 Å². The monoisotopic (exact) mass is 363 g/mol. The Hall–Kier alpha value is -2.18. The van der Waals surface area contributed by atoms with E-state index in [1.165, 1.54) is 11.8 Å². The molecular formula is C17H18ClN3O2S. The highest BCUT2D eigenvalue weighted by molar-refractivity contribution is 8.00. The zero-order valence-electron chi connectivity index (χ0n) is 13.1. The number of amides is 2. The van der Waals surface area contributed by atoms with Crippen molar-refractivity contribution < 1.29 is 9.59 Å². The highest BCUT2D eigenvalue weighted by atomic mass is 35.5. The maximum Gasteiger partial charge on any atom is 0.243 e. The average Bonchev–Trinajstić information content (AvgIpc) is 2.56. The molecule has 0 heterocycles. The number of hydrogen-bond donors (Lipinski definition) is 3. The van der Waals surface area contributed by atoms with E-state index in [0.29, 0.717) is 10.7 Å². The molecule has 0 unspecified atom stereocenters. The minimum atomic E-state index is -0.385. The lowest BCUT2D eigenvalue weighted by Crippen LogP contribution is -2.22. The summed E-state index contributed by atoms with van der Waals surface area (Å²) < 4.78 is 0. The normalized spacial score (nSPS) is 10.2. The van der Waals surface area contributed by atoms with E-state index >= 15 is 0 Å². The molecule has 2 aromatic carbocycles. The van der Waals surface area contributed by atoms with Crippen LogP contribution >= 0.6 is 23.4 Å². The Labute approximate surface area is 150 Å². The largest absolute Gasteiger partial charge is 0.375 e. The fourth-order valence-corrected chi connectivity index (χ4v) is 2.94. The summed E-state index contributed by atoms with van der Waals surface area (Å²) in [5, 5.41) is 6.50. The van der Waals surface area contributed by atoms with Crippen molar-refractivity contribution in [1.82, 2.24) is 0 Å². The van der Waals surface area contributed by atoms with Gasteiger partial charge in [-0.15, -0.1) is 11.8 Å². The molecule has 0 bridgehead atoms. The molecule has 24 heavy (non-hydrogen) atoms. The number of rotatable bonds is 7. The van der Waals surface area contributed by atoms with Crippen LogP contribution in [-0.2, 0) is 9.59 Å². The Morgan fingerprint density at radius 3 is 2.58 bits per heavy atom. The van der Waals surface area contributed by atoms with Gasteiger partial charge in [0, 0.05) is 21.3 Å². The van der Waals surface area contributed by atoms with Crippen molar-refractivity contribution in [3.05, 3.63) is 53.1 Å². The lowest BCUT2D eigenvalue weighted by Gasteiger charge is -2.13. The van der Waals surface area contributed by atoms with E-state index in [1.807, 2.05) is 31.2 Å². The van der Waals surface area contributed by atoms with Gasteiger partial charge in [0.25, 0.3) is 0 Å². The number of nitrogens with one attached hydrogen (secondary N) is 2. The van der Waals surface area contributed by atoms with Crippen molar-refractivity contribution in [3.8, 4) is 0 Å². The molecule has 126 valence electrons. The molecule has 2 rings (SSSR count). The van der Waals surface area contributed by atoms with E-state index in [1.54, 1.807) is 18.2 Å². The maximum absolute atomic E-state index is 12.1. The quantitative estimate of drug-likeness (QED) is 0.659. The molecule has 4 N–H and O–H groups in total. The van der Waals surface area contributed by atoms with Crippen molar-refractivity contribution in [1.29, 1.82) is 0 Å². The van der Waals surface area contributed by atoms with Crippen LogP contribution in [0.5, 0.6) is 0 Å². The minimum absolute atomic E-state index is 0.0973. The van der Waals surface area contributed by atoms with Gasteiger partial charge in [-0.25, -0.2) is 0 Å². The number of benzene rings is 2. The molecule has 0 spiro atoms. The molecule has 0 radical (unpaired) electrons. The summed E-state index contributed by atoms with van der Waals surface area (Å²) in [4.78, 5) is 23.9. The highest BCUT2D eigenvalue weighted by Gasteiger charge is 2.09. The molecule has 0 fully saturated rings. The lowest BCUT2D eigenvalue weighted by molar-refractivity contribution is -0.116. The fraction of sp³-hybridized carbons (Fsp3) is 0.176. The second kappa shape index (κ2) is 8.61. The fourth-order valence-electron chi connectivity index (χ4n) is 2.00. The van der Waals surface area contributed by atoms with Crippen molar-refractivity contribution in [2.45, 2.75) is 11.8 Å². The third-order valence-corrected chi connectivity index (χ3v) is 4.74. The molecular weight excluding hydrogens is 346 g/mol. The maximum atomic E-state index is 12.1. The Balaban J connectivity index is 1.97. The Kier molecular flexibility index (Phi) is 6.52. The minimum Gasteiger partial charge on any atom is -0.375 e. The van der Waals surface area contributed by atoms with Gasteiger partial charge in [-0.3, -0.25) is 9.59 Å². The van der Waals surface area contributed by atoms with Gasteiger partial charge in [-0.2, -0.15) is 0 Å². The molecule has 2 amide bonds. The van der Waals surface area contributed by atoms with E-state index in [4.69, 9.17) is 17.3 Å². The van der Waals surface area contributed by atoms with E-state index in [2.05, 4.69) is 10.6 Å². The summed E-state index contributed by atoms with van der Waals surface area (Å²) in [6, 6.07) is 12.8. The molecule has 7 heteroatoms. The van der Waals surface area contributed by atoms with Crippen molar-refractivity contribution >= 4 is 46.6 Å². The first kappa shape index (κ1) is 18.2. The first-order chi connectivity index (χ1) is 11.5. The number of carbonyl (C=O) groups excluding carboxylic acids is 2. The summed E-state index contributed by atoms with van der Waals surface area (Å²) in [7, 11) is 0. The molecule has 0 atom stereocenters. The van der Waals surface area contributed by atoms with Crippen LogP contribution in [0.1, 0.15) is 5.56 Å². The third kappa shape index (κ3) is 5.18. The van der Waals surface area contributed by atoms with Crippen LogP contribution in [0.3, 0.4) is 0 Å². The molecule has 0 aliphatic heterocycles. The molecule has 5 nitrogen and oxygen atoms in total. The first-order valence-electron chi connectivity index (χ1n) is 7.26. The van der Waals surface area contributed by atoms with Gasteiger partial charge in [-0.1, -0.05) is 29.8 Å². The average molecular weight is 364 g/mol. The Morgan fingerprint density at radius 2 is 1.83 bits per heavy atom. The summed E-state index contributed by atoms with van der Waals surface area (Å²) in [6.07, 6.45) is 0. The zero-order chi connectivity index (χ0) is 17.5. The summed E-state index contributed by atoms with van der Waals surface area (Å²) >= 11 is 7.37. The molecule has 0 aliphatic carbocycles. The number of nitrogens with two attached hydrogens (primary N) is 1. The number of halogens is 1. The van der Waals surface area contributed by atoms with Gasteiger partial charge < -0.3 is 16.4 Å². The topological polar surface area (TPSA) is 84.2 Å². The zero-order valence-corrected chi connectivity index (χ0v) is 14.7. The van der Waals surface area contributed by atoms with Crippen molar-refractivity contribution in [2.75, 3.05) is 22.9 Å². The number of para-hydroxylation sites is 1. The van der Waals surface area contributed by atoms with Gasteiger partial charge in [0.1, 0.15) is 0 Å². The number of primary amides is 1. The van der Waals surface area contributed by atoms with Gasteiger partial charge >= 0.3 is 0 Å². The molecule has 0 aromatic heterocycles. The van der Waals surface area contributed by atoms with Gasteiger partial charge in [0.2, 0.25) is 11.8 Å². The summed E-state index contributed by atoms with van der Waals surface area (Å²) in [6.45, 7) is 1.95. The smallest absolute Gasteiger partial charge is 0.243 e. The summed E-state index contributed by atoms with van der Waals surface area (Å²) in [5.41, 5.74) is 7.46. The number of thioether (sulfide) groups is 1. The van der Waals surface area contributed by atoms with Crippen LogP contribution in [0, 0.1) is 6.92 Å². The van der Waals surface area contributed by atoms with Gasteiger partial charge in [0.05, 0.1) is 12.3 Å². The van der Waals surface area contributed by atoms with Crippen molar-refractivity contribution in [2.24, 2.45) is 5.73 Å². The Morgan fingerprint density at radius 1 is 1.12 bits per heavy atom. The molecule has 0 saturated carbocycles. The van der Waals surface area contributed by atoms with Crippen LogP contribution in [0.25, 0.3) is 0 Å². The van der Waals surface area contributed by atoms with E-state index < -0.39 is 0 Å². The predicted octanol–water partition coefficient (Wildman–Crippen LogP) is 3.28. The molecule has 0 aliphatic rings. The highest BCUT2D eigenvalue weighted by Crippen LogP contribution is 2.27. The third-order valence-electron chi connectivity index (χ3n) is 3.24. The second-order valence-electron chi connectivity index (χ2n) is 5.07. The second-order valence-corrected chi connectivity index (χ2v) is 6.49. The summed E-state index contributed by atoms with van der Waals surface area (Å²) in [5.74, 6) is -0.383. The van der Waals surface area contributed by atoms with Crippen molar-refractivity contribution in [3.63, 3.8) is 0 Å². The van der Waals surface area contributed by atoms with Crippen LogP contribution in [0.2, 0.25) is 5.02 Å². The van der Waals surface area contributed by atoms with Crippen LogP contribution in [0.15, 0.2) is 47.4 Å². The van der Waals surface area contributed by atoms with E-state index in [9.17, 15) is 9.59 Å². The number of hydrogen-bond acceptors (Lipinski definition) is 4.